The summed E-state index contributed by atoms with van der Waals surface area (Å²) in [5, 5.41) is 5.74. The van der Waals surface area contributed by atoms with Gasteiger partial charge in [0.05, 0.1) is 6.10 Å². The predicted octanol–water partition coefficient (Wildman–Crippen LogP) is 2.13. The van der Waals surface area contributed by atoms with Gasteiger partial charge in [0.2, 0.25) is 0 Å². The van der Waals surface area contributed by atoms with Crippen molar-refractivity contribution in [2.75, 3.05) is 13.2 Å². The number of nitrogens with one attached hydrogen (secondary N) is 2. The summed E-state index contributed by atoms with van der Waals surface area (Å²) in [5.74, 6) is 0.356. The van der Waals surface area contributed by atoms with Crippen molar-refractivity contribution in [3.8, 4) is 0 Å². The molecule has 1 saturated heterocycles. The van der Waals surface area contributed by atoms with Gasteiger partial charge in [-0.1, -0.05) is 12.1 Å². The summed E-state index contributed by atoms with van der Waals surface area (Å²) in [4.78, 5) is 16.6. The Balaban J connectivity index is 1.71. The standard InChI is InChI=1S/C17H21FN4O2/c1-22-9-8-19-16(22)15(12-4-6-13(18)7-5-12)21-17(23)20-11-14-3-2-10-24-14/h4-9,14-15H,2-3,10-11H2,1H3,(H2,20,21,23)/t14-,15-/m0/s1. The largest absolute Gasteiger partial charge is 0.376 e. The van der Waals surface area contributed by atoms with Crippen LogP contribution in [-0.4, -0.2) is 34.8 Å². The number of halogens is 1. The second kappa shape index (κ2) is 7.44. The van der Waals surface area contributed by atoms with E-state index in [1.54, 1.807) is 24.5 Å². The fourth-order valence-corrected chi connectivity index (χ4v) is 2.80. The van der Waals surface area contributed by atoms with E-state index in [4.69, 9.17) is 4.74 Å². The molecule has 0 bridgehead atoms. The fraction of sp³-hybridized carbons (Fsp3) is 0.412. The van der Waals surface area contributed by atoms with Crippen LogP contribution in [0.15, 0.2) is 36.7 Å². The summed E-state index contributed by atoms with van der Waals surface area (Å²) >= 11 is 0. The molecular weight excluding hydrogens is 311 g/mol. The molecule has 0 spiro atoms. The maximum absolute atomic E-state index is 13.2. The van der Waals surface area contributed by atoms with Gasteiger partial charge in [-0.15, -0.1) is 0 Å². The van der Waals surface area contributed by atoms with E-state index in [0.29, 0.717) is 12.4 Å². The van der Waals surface area contributed by atoms with Crippen molar-refractivity contribution in [3.05, 3.63) is 53.9 Å². The van der Waals surface area contributed by atoms with Gasteiger partial charge in [0.15, 0.2) is 0 Å². The highest BCUT2D eigenvalue weighted by molar-refractivity contribution is 5.74. The highest BCUT2D eigenvalue weighted by Gasteiger charge is 2.22. The van der Waals surface area contributed by atoms with Gasteiger partial charge in [0, 0.05) is 32.6 Å². The van der Waals surface area contributed by atoms with Crippen LogP contribution in [0, 0.1) is 5.82 Å². The van der Waals surface area contributed by atoms with Crippen LogP contribution in [0.1, 0.15) is 30.3 Å². The van der Waals surface area contributed by atoms with Crippen LogP contribution in [0.5, 0.6) is 0 Å². The van der Waals surface area contributed by atoms with Gasteiger partial charge in [0.1, 0.15) is 17.7 Å². The Bertz CT molecular complexity index is 680. The summed E-state index contributed by atoms with van der Waals surface area (Å²) in [6, 6.07) is 5.27. The van der Waals surface area contributed by atoms with E-state index in [9.17, 15) is 9.18 Å². The van der Waals surface area contributed by atoms with Gasteiger partial charge in [-0.25, -0.2) is 14.2 Å². The van der Waals surface area contributed by atoms with Crippen LogP contribution in [0.25, 0.3) is 0 Å². The van der Waals surface area contributed by atoms with Gasteiger partial charge < -0.3 is 19.9 Å². The number of hydrogen-bond donors (Lipinski definition) is 2. The molecule has 6 nitrogen and oxygen atoms in total. The zero-order valence-corrected chi connectivity index (χ0v) is 13.5. The topological polar surface area (TPSA) is 68.2 Å². The number of aromatic nitrogens is 2. The molecule has 2 aromatic rings. The van der Waals surface area contributed by atoms with Crippen molar-refractivity contribution < 1.29 is 13.9 Å². The summed E-state index contributed by atoms with van der Waals surface area (Å²) in [6.07, 6.45) is 5.53. The van der Waals surface area contributed by atoms with Crippen molar-refractivity contribution in [1.82, 2.24) is 20.2 Å². The molecule has 1 aliphatic rings. The molecule has 2 amide bonds. The first-order chi connectivity index (χ1) is 11.6. The summed E-state index contributed by atoms with van der Waals surface area (Å²) in [7, 11) is 1.85. The molecule has 1 aliphatic heterocycles. The van der Waals surface area contributed by atoms with Crippen molar-refractivity contribution in [3.63, 3.8) is 0 Å². The Morgan fingerprint density at radius 2 is 2.25 bits per heavy atom. The molecule has 1 aromatic heterocycles. The zero-order valence-electron chi connectivity index (χ0n) is 13.5. The predicted molar refractivity (Wildman–Crippen MR) is 87.0 cm³/mol. The molecule has 128 valence electrons. The van der Waals surface area contributed by atoms with E-state index in [1.807, 2.05) is 11.6 Å². The van der Waals surface area contributed by atoms with Crippen LogP contribution in [0.4, 0.5) is 9.18 Å². The number of urea groups is 1. The van der Waals surface area contributed by atoms with E-state index in [1.165, 1.54) is 12.1 Å². The zero-order chi connectivity index (χ0) is 16.9. The highest BCUT2D eigenvalue weighted by atomic mass is 19.1. The number of aryl methyl sites for hydroxylation is 1. The fourth-order valence-electron chi connectivity index (χ4n) is 2.80. The SMILES string of the molecule is Cn1ccnc1[C@@H](NC(=O)NC[C@@H]1CCCO1)c1ccc(F)cc1. The Kier molecular flexibility index (Phi) is 5.10. The average Bonchev–Trinajstić information content (AvgIpc) is 3.23. The number of imidazole rings is 1. The van der Waals surface area contributed by atoms with E-state index in [0.717, 1.165) is 25.0 Å². The number of ether oxygens (including phenoxy) is 1. The van der Waals surface area contributed by atoms with E-state index >= 15 is 0 Å². The third kappa shape index (κ3) is 3.91. The Morgan fingerprint density at radius 1 is 1.46 bits per heavy atom. The minimum Gasteiger partial charge on any atom is -0.376 e. The molecule has 0 saturated carbocycles. The molecule has 0 aliphatic carbocycles. The van der Waals surface area contributed by atoms with E-state index < -0.39 is 6.04 Å². The molecule has 24 heavy (non-hydrogen) atoms. The van der Waals surface area contributed by atoms with Crippen LogP contribution in [-0.2, 0) is 11.8 Å². The second-order valence-electron chi connectivity index (χ2n) is 5.87. The van der Waals surface area contributed by atoms with Crippen LogP contribution in [0.3, 0.4) is 0 Å². The number of hydrogen-bond acceptors (Lipinski definition) is 3. The first kappa shape index (κ1) is 16.4. The number of rotatable bonds is 5. The van der Waals surface area contributed by atoms with Gasteiger partial charge in [-0.2, -0.15) is 0 Å². The number of benzene rings is 1. The van der Waals surface area contributed by atoms with Crippen molar-refractivity contribution in [2.45, 2.75) is 25.0 Å². The van der Waals surface area contributed by atoms with Gasteiger partial charge >= 0.3 is 6.03 Å². The van der Waals surface area contributed by atoms with E-state index in [-0.39, 0.29) is 18.0 Å². The maximum atomic E-state index is 13.2. The second-order valence-corrected chi connectivity index (χ2v) is 5.87. The lowest BCUT2D eigenvalue weighted by Gasteiger charge is -2.20. The smallest absolute Gasteiger partial charge is 0.315 e. The molecule has 1 fully saturated rings. The Morgan fingerprint density at radius 3 is 2.88 bits per heavy atom. The summed E-state index contributed by atoms with van der Waals surface area (Å²) < 4.78 is 20.5. The van der Waals surface area contributed by atoms with Crippen LogP contribution in [0.2, 0.25) is 0 Å². The third-order valence-electron chi connectivity index (χ3n) is 4.11. The first-order valence-corrected chi connectivity index (χ1v) is 8.02. The molecule has 2 heterocycles. The number of carbonyl (C=O) groups excluding carboxylic acids is 1. The van der Waals surface area contributed by atoms with Gasteiger partial charge in [-0.05, 0) is 30.5 Å². The van der Waals surface area contributed by atoms with E-state index in [2.05, 4.69) is 15.6 Å². The lowest BCUT2D eigenvalue weighted by Crippen LogP contribution is -2.42. The Hall–Kier alpha value is -2.41. The minimum absolute atomic E-state index is 0.0770. The minimum atomic E-state index is -0.463. The van der Waals surface area contributed by atoms with Crippen molar-refractivity contribution in [1.29, 1.82) is 0 Å². The molecule has 2 N–H and O–H groups in total. The number of amides is 2. The monoisotopic (exact) mass is 332 g/mol. The normalized spacial score (nSPS) is 18.3. The highest BCUT2D eigenvalue weighted by Crippen LogP contribution is 2.20. The van der Waals surface area contributed by atoms with Gasteiger partial charge in [0.25, 0.3) is 0 Å². The van der Waals surface area contributed by atoms with Crippen molar-refractivity contribution in [2.24, 2.45) is 7.05 Å². The number of carbonyl (C=O) groups is 1. The van der Waals surface area contributed by atoms with Gasteiger partial charge in [-0.3, -0.25) is 0 Å². The molecule has 3 rings (SSSR count). The quantitative estimate of drug-likeness (QED) is 0.881. The maximum Gasteiger partial charge on any atom is 0.315 e. The molecule has 0 unspecified atom stereocenters. The van der Waals surface area contributed by atoms with Crippen molar-refractivity contribution >= 4 is 6.03 Å². The average molecular weight is 332 g/mol. The first-order valence-electron chi connectivity index (χ1n) is 8.02. The molecule has 0 radical (unpaired) electrons. The molecule has 7 heteroatoms. The molecule has 2 atom stereocenters. The number of nitrogens with zero attached hydrogens (tertiary/aromatic N) is 2. The Labute approximate surface area is 140 Å². The lowest BCUT2D eigenvalue weighted by molar-refractivity contribution is 0.111. The lowest BCUT2D eigenvalue weighted by atomic mass is 10.1. The van der Waals surface area contributed by atoms with Crippen LogP contribution < -0.4 is 10.6 Å². The summed E-state index contributed by atoms with van der Waals surface area (Å²) in [6.45, 7) is 1.22. The molecular formula is C17H21FN4O2. The summed E-state index contributed by atoms with van der Waals surface area (Å²) in [5.41, 5.74) is 0.762. The van der Waals surface area contributed by atoms with Crippen LogP contribution >= 0.6 is 0 Å². The molecule has 1 aromatic carbocycles. The third-order valence-corrected chi connectivity index (χ3v) is 4.11.